The van der Waals surface area contributed by atoms with Gasteiger partial charge in [0, 0.05) is 24.7 Å². The molecule has 0 radical (unpaired) electrons. The van der Waals surface area contributed by atoms with Gasteiger partial charge < -0.3 is 4.90 Å². The first kappa shape index (κ1) is 12.3. The molecule has 0 amide bonds. The van der Waals surface area contributed by atoms with Crippen LogP contribution in [0, 0.1) is 12.0 Å². The lowest BCUT2D eigenvalue weighted by Crippen LogP contribution is -2.12. The van der Waals surface area contributed by atoms with Crippen molar-refractivity contribution in [3.8, 4) is 12.0 Å². The molecule has 17 heavy (non-hydrogen) atoms. The highest BCUT2D eigenvalue weighted by Crippen LogP contribution is 2.22. The Kier molecular flexibility index (Phi) is 3.93. The van der Waals surface area contributed by atoms with Gasteiger partial charge in [0.1, 0.15) is 0 Å². The Morgan fingerprint density at radius 3 is 2.53 bits per heavy atom. The minimum atomic E-state index is -0.226. The molecule has 0 spiro atoms. The number of hydrogen-bond donors (Lipinski definition) is 0. The predicted molar refractivity (Wildman–Crippen MR) is 69.4 cm³/mol. The summed E-state index contributed by atoms with van der Waals surface area (Å²) in [5.74, 6) is 2.40. The first-order chi connectivity index (χ1) is 8.16. The average Bonchev–Trinajstić information content (AvgIpc) is 2.82. The zero-order chi connectivity index (χ0) is 12.3. The van der Waals surface area contributed by atoms with E-state index in [1.165, 1.54) is 0 Å². The molecule has 0 N–H and O–H groups in total. The third kappa shape index (κ3) is 3.15. The van der Waals surface area contributed by atoms with Gasteiger partial charge in [-0.25, -0.2) is 0 Å². The quantitative estimate of drug-likeness (QED) is 0.575. The second-order valence-electron chi connectivity index (χ2n) is 3.89. The molecule has 0 atom stereocenters. The van der Waals surface area contributed by atoms with E-state index < -0.39 is 0 Å². The fourth-order valence-electron chi connectivity index (χ4n) is 1.67. The Hall–Kier alpha value is -1.17. The molecule has 0 unspecified atom stereocenters. The Bertz CT molecular complexity index is 496. The van der Waals surface area contributed by atoms with Crippen LogP contribution in [0.3, 0.4) is 0 Å². The second-order valence-corrected chi connectivity index (χ2v) is 4.70. The summed E-state index contributed by atoms with van der Waals surface area (Å²) in [6.07, 6.45) is 2.30. The lowest BCUT2D eigenvalue weighted by atomic mass is 10.1. The van der Waals surface area contributed by atoms with E-state index in [9.17, 15) is 4.79 Å². The van der Waals surface area contributed by atoms with E-state index in [2.05, 4.69) is 12.0 Å². The van der Waals surface area contributed by atoms with Crippen molar-refractivity contribution in [2.45, 2.75) is 12.8 Å². The number of Topliss-reactive ketones (excluding diaryl/α,β-unsaturated/α-hetero) is 1. The molecule has 1 aromatic carbocycles. The number of ketones is 1. The molecule has 88 valence electrons. The van der Waals surface area contributed by atoms with E-state index in [0.29, 0.717) is 15.6 Å². The van der Waals surface area contributed by atoms with Crippen molar-refractivity contribution in [1.29, 1.82) is 0 Å². The van der Waals surface area contributed by atoms with E-state index in [0.717, 1.165) is 25.9 Å². The van der Waals surface area contributed by atoms with Crippen molar-refractivity contribution in [2.24, 2.45) is 0 Å². The molecule has 0 saturated carbocycles. The molecule has 1 aliphatic heterocycles. The van der Waals surface area contributed by atoms with Crippen molar-refractivity contribution < 1.29 is 4.79 Å². The predicted octanol–water partition coefficient (Wildman–Crippen LogP) is 3.23. The molecule has 2 nitrogen and oxygen atoms in total. The minimum absolute atomic E-state index is 0.226. The minimum Gasteiger partial charge on any atom is -0.332 e. The molecule has 1 aromatic rings. The van der Waals surface area contributed by atoms with Gasteiger partial charge in [0.05, 0.1) is 10.0 Å². The van der Waals surface area contributed by atoms with E-state index in [1.807, 2.05) is 4.90 Å². The molecular formula is C13H11Cl2NO. The van der Waals surface area contributed by atoms with Gasteiger partial charge in [0.25, 0.3) is 0 Å². The highest BCUT2D eigenvalue weighted by molar-refractivity contribution is 6.42. The van der Waals surface area contributed by atoms with Crippen LogP contribution in [0.1, 0.15) is 23.2 Å². The maximum atomic E-state index is 11.8. The van der Waals surface area contributed by atoms with Crippen molar-refractivity contribution >= 4 is 29.0 Å². The first-order valence-electron chi connectivity index (χ1n) is 5.43. The van der Waals surface area contributed by atoms with Gasteiger partial charge in [-0.1, -0.05) is 23.2 Å². The van der Waals surface area contributed by atoms with Crippen LogP contribution in [0.25, 0.3) is 0 Å². The van der Waals surface area contributed by atoms with Gasteiger partial charge in [0.15, 0.2) is 0 Å². The molecular weight excluding hydrogens is 257 g/mol. The fraction of sp³-hybridized carbons (Fsp3) is 0.308. The topological polar surface area (TPSA) is 20.3 Å². The average molecular weight is 268 g/mol. The molecule has 4 heteroatoms. The SMILES string of the molecule is O=C(C#CN1CCCC1)c1ccc(Cl)c(Cl)c1. The molecule has 0 aromatic heterocycles. The molecule has 0 bridgehead atoms. The Labute approximate surface area is 111 Å². The van der Waals surface area contributed by atoms with Crippen molar-refractivity contribution in [3.05, 3.63) is 33.8 Å². The first-order valence-corrected chi connectivity index (χ1v) is 6.18. The summed E-state index contributed by atoms with van der Waals surface area (Å²) in [5, 5.41) is 0.816. The second kappa shape index (κ2) is 5.44. The normalized spacial score (nSPS) is 14.4. The monoisotopic (exact) mass is 267 g/mol. The van der Waals surface area contributed by atoms with Crippen LogP contribution in [0.4, 0.5) is 0 Å². The number of carbonyl (C=O) groups excluding carboxylic acids is 1. The van der Waals surface area contributed by atoms with Crippen LogP contribution in [0.5, 0.6) is 0 Å². The summed E-state index contributed by atoms with van der Waals surface area (Å²) in [6.45, 7) is 1.89. The molecule has 1 heterocycles. The highest BCUT2D eigenvalue weighted by atomic mass is 35.5. The van der Waals surface area contributed by atoms with Gasteiger partial charge in [-0.05, 0) is 37.0 Å². The molecule has 1 fully saturated rings. The molecule has 1 saturated heterocycles. The third-order valence-electron chi connectivity index (χ3n) is 2.62. The number of benzene rings is 1. The number of rotatable bonds is 1. The van der Waals surface area contributed by atoms with Gasteiger partial charge >= 0.3 is 0 Å². The summed E-state index contributed by atoms with van der Waals surface area (Å²) >= 11 is 11.6. The molecule has 2 rings (SSSR count). The van der Waals surface area contributed by atoms with Crippen LogP contribution in [0.2, 0.25) is 10.0 Å². The fourth-order valence-corrected chi connectivity index (χ4v) is 1.97. The van der Waals surface area contributed by atoms with Gasteiger partial charge in [-0.2, -0.15) is 0 Å². The summed E-state index contributed by atoms with van der Waals surface area (Å²) in [4.78, 5) is 13.7. The lowest BCUT2D eigenvalue weighted by molar-refractivity contribution is 0.105. The number of hydrogen-bond acceptors (Lipinski definition) is 2. The van der Waals surface area contributed by atoms with Crippen molar-refractivity contribution in [2.75, 3.05) is 13.1 Å². The number of halogens is 2. The van der Waals surface area contributed by atoms with E-state index in [1.54, 1.807) is 18.2 Å². The lowest BCUT2D eigenvalue weighted by Gasteiger charge is -2.05. The van der Waals surface area contributed by atoms with Crippen molar-refractivity contribution in [3.63, 3.8) is 0 Å². The summed E-state index contributed by atoms with van der Waals surface area (Å²) < 4.78 is 0. The maximum Gasteiger partial charge on any atom is 0.237 e. The Morgan fingerprint density at radius 1 is 1.18 bits per heavy atom. The van der Waals surface area contributed by atoms with E-state index in [4.69, 9.17) is 23.2 Å². The highest BCUT2D eigenvalue weighted by Gasteiger charge is 2.08. The maximum absolute atomic E-state index is 11.8. The van der Waals surface area contributed by atoms with Gasteiger partial charge in [0.2, 0.25) is 5.78 Å². The van der Waals surface area contributed by atoms with Crippen LogP contribution >= 0.6 is 23.2 Å². The van der Waals surface area contributed by atoms with Crippen LogP contribution in [-0.2, 0) is 0 Å². The molecule has 1 aliphatic rings. The smallest absolute Gasteiger partial charge is 0.237 e. The molecule has 0 aliphatic carbocycles. The number of likely N-dealkylation sites (tertiary alicyclic amines) is 1. The summed E-state index contributed by atoms with van der Waals surface area (Å²) in [7, 11) is 0. The van der Waals surface area contributed by atoms with Gasteiger partial charge in [-0.3, -0.25) is 4.79 Å². The number of nitrogens with zero attached hydrogens (tertiary/aromatic N) is 1. The van der Waals surface area contributed by atoms with E-state index in [-0.39, 0.29) is 5.78 Å². The van der Waals surface area contributed by atoms with Crippen LogP contribution in [-0.4, -0.2) is 23.8 Å². The summed E-state index contributed by atoms with van der Waals surface area (Å²) in [6, 6.07) is 7.66. The van der Waals surface area contributed by atoms with Gasteiger partial charge in [-0.15, -0.1) is 0 Å². The third-order valence-corrected chi connectivity index (χ3v) is 3.35. The standard InChI is InChI=1S/C13H11Cl2NO/c14-11-4-3-10(9-12(11)15)13(17)5-8-16-6-1-2-7-16/h3-4,9H,1-2,6-7H2. The van der Waals surface area contributed by atoms with Crippen LogP contribution in [0.15, 0.2) is 18.2 Å². The zero-order valence-electron chi connectivity index (χ0n) is 9.17. The zero-order valence-corrected chi connectivity index (χ0v) is 10.7. The Morgan fingerprint density at radius 2 is 1.88 bits per heavy atom. The van der Waals surface area contributed by atoms with Crippen LogP contribution < -0.4 is 0 Å². The largest absolute Gasteiger partial charge is 0.332 e. The number of carbonyl (C=O) groups is 1. The Balaban J connectivity index is 2.11. The van der Waals surface area contributed by atoms with E-state index >= 15 is 0 Å². The van der Waals surface area contributed by atoms with Crippen molar-refractivity contribution in [1.82, 2.24) is 4.90 Å². The summed E-state index contributed by atoms with van der Waals surface area (Å²) in [5.41, 5.74) is 0.478.